The molecule has 0 aliphatic heterocycles. The Kier molecular flexibility index (Phi) is 3.75. The van der Waals surface area contributed by atoms with Crippen molar-refractivity contribution in [1.29, 1.82) is 0 Å². The zero-order valence-corrected chi connectivity index (χ0v) is 10.4. The van der Waals surface area contributed by atoms with E-state index >= 15 is 0 Å². The Labute approximate surface area is 102 Å². The maximum atomic E-state index is 10.5. The van der Waals surface area contributed by atoms with Gasteiger partial charge in [0.05, 0.1) is 11.6 Å². The molecular weight excluding hydrogens is 210 g/mol. The van der Waals surface area contributed by atoms with Crippen LogP contribution in [0.15, 0.2) is 36.5 Å². The maximum Gasteiger partial charge on any atom is 0.0825 e. The first-order valence-corrected chi connectivity index (χ1v) is 6.29. The average Bonchev–Trinajstić information content (AvgIpc) is 2.39. The third kappa shape index (κ3) is 2.32. The molecule has 2 rings (SSSR count). The Balaban J connectivity index is 2.47. The highest BCUT2D eigenvalue weighted by Gasteiger charge is 2.19. The van der Waals surface area contributed by atoms with E-state index in [9.17, 15) is 5.11 Å². The molecule has 1 N–H and O–H groups in total. The number of hydrogen-bond donors (Lipinski definition) is 1. The van der Waals surface area contributed by atoms with Gasteiger partial charge in [-0.2, -0.15) is 0 Å². The molecule has 0 bridgehead atoms. The van der Waals surface area contributed by atoms with E-state index in [4.69, 9.17) is 0 Å². The van der Waals surface area contributed by atoms with Crippen LogP contribution in [0.3, 0.4) is 0 Å². The quantitative estimate of drug-likeness (QED) is 0.867. The number of hydrogen-bond acceptors (Lipinski definition) is 2. The molecule has 0 amide bonds. The van der Waals surface area contributed by atoms with Gasteiger partial charge in [0.25, 0.3) is 0 Å². The van der Waals surface area contributed by atoms with E-state index < -0.39 is 6.10 Å². The lowest BCUT2D eigenvalue weighted by molar-refractivity contribution is 0.105. The van der Waals surface area contributed by atoms with Crippen LogP contribution < -0.4 is 0 Å². The van der Waals surface area contributed by atoms with Crippen LogP contribution in [0, 0.1) is 5.92 Å². The fourth-order valence-electron chi connectivity index (χ4n) is 2.37. The predicted octanol–water partition coefficient (Wildman–Crippen LogP) is 3.70. The molecule has 0 radical (unpaired) electrons. The molecular formula is C15H19NO. The number of aliphatic hydroxyl groups excluding tert-OH is 1. The summed E-state index contributed by atoms with van der Waals surface area (Å²) in [5.74, 6) is 0.320. The molecule has 1 heterocycles. The largest absolute Gasteiger partial charge is 0.388 e. The van der Waals surface area contributed by atoms with Crippen LogP contribution >= 0.6 is 0 Å². The first kappa shape index (κ1) is 12.1. The number of fused-ring (bicyclic) bond motifs is 1. The highest BCUT2D eigenvalue weighted by Crippen LogP contribution is 2.31. The molecule has 1 aromatic carbocycles. The molecule has 0 fully saturated rings. The fraction of sp³-hybridized carbons (Fsp3) is 0.400. The van der Waals surface area contributed by atoms with Crippen molar-refractivity contribution < 1.29 is 5.11 Å². The number of pyridine rings is 1. The highest BCUT2D eigenvalue weighted by molar-refractivity contribution is 5.82. The van der Waals surface area contributed by atoms with Gasteiger partial charge in [0.1, 0.15) is 0 Å². The van der Waals surface area contributed by atoms with E-state index in [1.54, 1.807) is 6.20 Å². The lowest BCUT2D eigenvalue weighted by Gasteiger charge is -2.21. The van der Waals surface area contributed by atoms with Gasteiger partial charge in [0.15, 0.2) is 0 Å². The van der Waals surface area contributed by atoms with Crippen LogP contribution in [0.1, 0.15) is 38.4 Å². The number of benzene rings is 1. The van der Waals surface area contributed by atoms with Crippen molar-refractivity contribution >= 4 is 10.9 Å². The predicted molar refractivity (Wildman–Crippen MR) is 70.8 cm³/mol. The highest BCUT2D eigenvalue weighted by atomic mass is 16.3. The third-order valence-corrected chi connectivity index (χ3v) is 3.50. The molecule has 17 heavy (non-hydrogen) atoms. The number of para-hydroxylation sites is 1. The molecule has 1 aromatic heterocycles. The molecule has 0 aliphatic rings. The minimum Gasteiger partial charge on any atom is -0.388 e. The first-order chi connectivity index (χ1) is 8.27. The lowest BCUT2D eigenvalue weighted by atomic mass is 9.90. The van der Waals surface area contributed by atoms with Gasteiger partial charge in [0.2, 0.25) is 0 Å². The molecule has 1 unspecified atom stereocenters. The second kappa shape index (κ2) is 5.28. The van der Waals surface area contributed by atoms with Crippen molar-refractivity contribution in [2.75, 3.05) is 0 Å². The molecule has 2 nitrogen and oxygen atoms in total. The van der Waals surface area contributed by atoms with E-state index in [1.807, 2.05) is 30.3 Å². The van der Waals surface area contributed by atoms with Crippen molar-refractivity contribution in [1.82, 2.24) is 4.98 Å². The molecule has 2 aromatic rings. The monoisotopic (exact) mass is 229 g/mol. The van der Waals surface area contributed by atoms with Crippen molar-refractivity contribution in [3.63, 3.8) is 0 Å². The van der Waals surface area contributed by atoms with Gasteiger partial charge < -0.3 is 5.11 Å². The van der Waals surface area contributed by atoms with Gasteiger partial charge in [-0.1, -0.05) is 44.9 Å². The van der Waals surface area contributed by atoms with Gasteiger partial charge in [-0.25, -0.2) is 0 Å². The van der Waals surface area contributed by atoms with E-state index in [0.29, 0.717) is 5.92 Å². The molecule has 1 atom stereocenters. The van der Waals surface area contributed by atoms with Crippen LogP contribution in [0.4, 0.5) is 0 Å². The van der Waals surface area contributed by atoms with Gasteiger partial charge in [-0.15, -0.1) is 0 Å². The summed E-state index contributed by atoms with van der Waals surface area (Å²) in [5.41, 5.74) is 1.96. The Morgan fingerprint density at radius 1 is 1.12 bits per heavy atom. The van der Waals surface area contributed by atoms with Crippen molar-refractivity contribution in [2.24, 2.45) is 5.92 Å². The maximum absolute atomic E-state index is 10.5. The summed E-state index contributed by atoms with van der Waals surface area (Å²) in [6.07, 6.45) is 3.38. The molecule has 0 spiro atoms. The molecule has 0 saturated carbocycles. The minimum atomic E-state index is -0.391. The Morgan fingerprint density at radius 2 is 1.82 bits per heavy atom. The fourth-order valence-corrected chi connectivity index (χ4v) is 2.37. The molecule has 2 heteroatoms. The van der Waals surface area contributed by atoms with E-state index in [1.165, 1.54) is 0 Å². The number of aromatic nitrogens is 1. The smallest absolute Gasteiger partial charge is 0.0825 e. The minimum absolute atomic E-state index is 0.320. The SMILES string of the molecule is CCC(CC)C(O)c1ccnc2ccccc12. The summed E-state index contributed by atoms with van der Waals surface area (Å²) in [7, 11) is 0. The van der Waals surface area contributed by atoms with Crippen LogP contribution in [0.5, 0.6) is 0 Å². The topological polar surface area (TPSA) is 33.1 Å². The van der Waals surface area contributed by atoms with Crippen LogP contribution in [0.2, 0.25) is 0 Å². The summed E-state index contributed by atoms with van der Waals surface area (Å²) >= 11 is 0. The van der Waals surface area contributed by atoms with Crippen LogP contribution in [-0.2, 0) is 0 Å². The van der Waals surface area contributed by atoms with E-state index in [-0.39, 0.29) is 0 Å². The standard InChI is InChI=1S/C15H19NO/c1-3-11(4-2)15(17)13-9-10-16-14-8-6-5-7-12(13)14/h5-11,15,17H,3-4H2,1-2H3. The normalized spacial score (nSPS) is 13.2. The zero-order valence-electron chi connectivity index (χ0n) is 10.4. The number of aliphatic hydroxyl groups is 1. The summed E-state index contributed by atoms with van der Waals surface area (Å²) in [5, 5.41) is 11.5. The Hall–Kier alpha value is -1.41. The molecule has 0 saturated heterocycles. The summed E-state index contributed by atoms with van der Waals surface area (Å²) < 4.78 is 0. The van der Waals surface area contributed by atoms with Gasteiger partial charge >= 0.3 is 0 Å². The lowest BCUT2D eigenvalue weighted by Crippen LogP contribution is -2.11. The van der Waals surface area contributed by atoms with Crippen LogP contribution in [0.25, 0.3) is 10.9 Å². The van der Waals surface area contributed by atoms with Gasteiger partial charge in [-0.3, -0.25) is 4.98 Å². The van der Waals surface area contributed by atoms with Crippen LogP contribution in [-0.4, -0.2) is 10.1 Å². The number of nitrogens with zero attached hydrogens (tertiary/aromatic N) is 1. The van der Waals surface area contributed by atoms with Crippen molar-refractivity contribution in [2.45, 2.75) is 32.8 Å². The summed E-state index contributed by atoms with van der Waals surface area (Å²) in [6.45, 7) is 4.25. The van der Waals surface area contributed by atoms with Crippen molar-refractivity contribution in [3.05, 3.63) is 42.1 Å². The van der Waals surface area contributed by atoms with Crippen molar-refractivity contribution in [3.8, 4) is 0 Å². The van der Waals surface area contributed by atoms with E-state index in [0.717, 1.165) is 29.3 Å². The summed E-state index contributed by atoms with van der Waals surface area (Å²) in [6, 6.07) is 9.92. The number of rotatable bonds is 4. The average molecular weight is 229 g/mol. The Morgan fingerprint density at radius 3 is 2.53 bits per heavy atom. The Bertz CT molecular complexity index is 486. The van der Waals surface area contributed by atoms with Gasteiger partial charge in [0, 0.05) is 11.6 Å². The molecule has 90 valence electrons. The van der Waals surface area contributed by atoms with Gasteiger partial charge in [-0.05, 0) is 23.6 Å². The second-order valence-electron chi connectivity index (χ2n) is 4.44. The van der Waals surface area contributed by atoms with E-state index in [2.05, 4.69) is 18.8 Å². The molecule has 0 aliphatic carbocycles. The second-order valence-corrected chi connectivity index (χ2v) is 4.44. The zero-order chi connectivity index (χ0) is 12.3. The third-order valence-electron chi connectivity index (χ3n) is 3.50. The summed E-state index contributed by atoms with van der Waals surface area (Å²) in [4.78, 5) is 4.32. The first-order valence-electron chi connectivity index (χ1n) is 6.29.